The van der Waals surface area contributed by atoms with E-state index in [0.29, 0.717) is 12.8 Å². The molecule has 0 aromatic heterocycles. The molecule has 296 valence electrons. The molecule has 0 spiro atoms. The van der Waals surface area contributed by atoms with E-state index in [4.69, 9.17) is 14.2 Å². The molecule has 8 nitrogen and oxygen atoms in total. The summed E-state index contributed by atoms with van der Waals surface area (Å²) in [7, 11) is 5.36. The molecule has 0 aliphatic heterocycles. The van der Waals surface area contributed by atoms with Crippen molar-refractivity contribution in [2.24, 2.45) is 0 Å². The van der Waals surface area contributed by atoms with E-state index in [0.717, 1.165) is 57.8 Å². The Hall–Kier alpha value is -3.23. The van der Waals surface area contributed by atoms with Crippen LogP contribution in [0.25, 0.3) is 0 Å². The Bertz CT molecular complexity index is 1080. The van der Waals surface area contributed by atoms with Gasteiger partial charge in [0.15, 0.2) is 6.10 Å². The highest BCUT2D eigenvalue weighted by atomic mass is 16.6. The van der Waals surface area contributed by atoms with Crippen LogP contribution in [0.15, 0.2) is 72.9 Å². The Morgan fingerprint density at radius 1 is 0.615 bits per heavy atom. The fraction of sp³-hybridized carbons (Fsp3) is 0.659. The number of carbonyl (C=O) groups is 3. The summed E-state index contributed by atoms with van der Waals surface area (Å²) in [5, 5.41) is 11.6. The van der Waals surface area contributed by atoms with Crippen LogP contribution in [-0.2, 0) is 28.6 Å². The smallest absolute Gasteiger partial charge is 0.310 e. The number of hydrogen-bond acceptors (Lipinski definition) is 7. The number of unbranched alkanes of at least 4 members (excludes halogenated alkanes) is 9. The number of allylic oxidation sites excluding steroid dienone is 11. The van der Waals surface area contributed by atoms with E-state index in [2.05, 4.69) is 74.6 Å². The van der Waals surface area contributed by atoms with E-state index in [1.807, 2.05) is 6.08 Å². The van der Waals surface area contributed by atoms with Crippen molar-refractivity contribution in [1.82, 2.24) is 0 Å². The average molecular weight is 728 g/mol. The quantitative estimate of drug-likeness (QED) is 0.0282. The second-order valence-electron chi connectivity index (χ2n) is 14.1. The van der Waals surface area contributed by atoms with Crippen LogP contribution in [0, 0.1) is 0 Å². The van der Waals surface area contributed by atoms with Gasteiger partial charge in [0.05, 0.1) is 46.7 Å². The first-order chi connectivity index (χ1) is 25.1. The highest BCUT2D eigenvalue weighted by molar-refractivity contribution is 5.71. The van der Waals surface area contributed by atoms with Gasteiger partial charge in [-0.15, -0.1) is 0 Å². The molecule has 2 unspecified atom stereocenters. The molecule has 0 aromatic rings. The molecule has 8 heteroatoms. The predicted octanol–water partition coefficient (Wildman–Crippen LogP) is 9.07. The molecule has 0 bridgehead atoms. The molecule has 0 aromatic carbocycles. The largest absolute Gasteiger partial charge is 0.544 e. The van der Waals surface area contributed by atoms with Crippen LogP contribution in [0.2, 0.25) is 0 Å². The summed E-state index contributed by atoms with van der Waals surface area (Å²) in [5.41, 5.74) is 0. The third-order valence-electron chi connectivity index (χ3n) is 8.36. The van der Waals surface area contributed by atoms with Gasteiger partial charge in [0.2, 0.25) is 0 Å². The fourth-order valence-electron chi connectivity index (χ4n) is 5.26. The summed E-state index contributed by atoms with van der Waals surface area (Å²) < 4.78 is 17.0. The van der Waals surface area contributed by atoms with Crippen LogP contribution in [0.5, 0.6) is 0 Å². The summed E-state index contributed by atoms with van der Waals surface area (Å²) in [6, 6.07) is -0.744. The Balaban J connectivity index is 4.58. The van der Waals surface area contributed by atoms with Gasteiger partial charge in [-0.2, -0.15) is 0 Å². The minimum absolute atomic E-state index is 0.00518. The number of likely N-dealkylation sites (N-methyl/N-ethyl adjacent to an activating group) is 1. The zero-order valence-electron chi connectivity index (χ0n) is 33.4. The highest BCUT2D eigenvalue weighted by Gasteiger charge is 2.25. The van der Waals surface area contributed by atoms with Gasteiger partial charge in [0, 0.05) is 12.8 Å². The summed E-state index contributed by atoms with van der Waals surface area (Å²) >= 11 is 0. The van der Waals surface area contributed by atoms with Gasteiger partial charge in [0.25, 0.3) is 0 Å². The normalized spacial score (nSPS) is 13.8. The Morgan fingerprint density at radius 2 is 1.13 bits per heavy atom. The van der Waals surface area contributed by atoms with Gasteiger partial charge in [-0.1, -0.05) is 125 Å². The minimum atomic E-state index is -1.14. The van der Waals surface area contributed by atoms with Crippen molar-refractivity contribution >= 4 is 17.9 Å². The topological polar surface area (TPSA) is 102 Å². The standard InChI is InChI=1S/C44H73NO7/c1-6-8-10-12-14-16-18-20-21-23-25-27-29-31-33-35-43(47)52-40(38-50-37-36-41(44(48)49)45(3,4)5)39-51-42(46)34-32-30-28-26-24-22-19-17-15-13-11-9-7-2/h8,10,14,16-17,19-21,25,27,31,33,40-41H,6-7,9,11-13,15,18,22-24,26,28-30,32,34-39H2,1-5H3/b10-8-,16-14-,19-17-,21-20-,27-25-,33-31-. The van der Waals surface area contributed by atoms with Gasteiger partial charge < -0.3 is 28.6 Å². The monoisotopic (exact) mass is 728 g/mol. The number of carboxylic acid groups (broad SMARTS) is 1. The van der Waals surface area contributed by atoms with Crippen molar-refractivity contribution in [1.29, 1.82) is 0 Å². The number of nitrogens with zero attached hydrogens (tertiary/aromatic N) is 1. The van der Waals surface area contributed by atoms with Crippen molar-refractivity contribution in [2.75, 3.05) is 41.0 Å². The van der Waals surface area contributed by atoms with E-state index in [1.54, 1.807) is 27.2 Å². The van der Waals surface area contributed by atoms with Crippen LogP contribution in [0.4, 0.5) is 0 Å². The summed E-state index contributed by atoms with van der Waals surface area (Å²) in [4.78, 5) is 36.6. The third-order valence-corrected chi connectivity index (χ3v) is 8.36. The number of aliphatic carboxylic acids is 1. The maximum Gasteiger partial charge on any atom is 0.310 e. The van der Waals surface area contributed by atoms with Crippen LogP contribution in [0.3, 0.4) is 0 Å². The Kier molecular flexibility index (Phi) is 32.7. The SMILES string of the molecule is CC/C=C\C/C=C\C/C=C\C/C=C\C/C=C\CC(=O)OC(COCCC(C(=O)[O-])[N+](C)(C)C)COC(=O)CCCCCCC/C=C\CCCCCC. The molecular formula is C44H73NO7. The van der Waals surface area contributed by atoms with Crippen LogP contribution < -0.4 is 5.11 Å². The maximum atomic E-state index is 12.6. The molecule has 0 saturated heterocycles. The van der Waals surface area contributed by atoms with Gasteiger partial charge in [-0.05, 0) is 64.2 Å². The molecule has 52 heavy (non-hydrogen) atoms. The predicted molar refractivity (Wildman–Crippen MR) is 212 cm³/mol. The minimum Gasteiger partial charge on any atom is -0.544 e. The molecule has 0 aliphatic carbocycles. The zero-order chi connectivity index (χ0) is 38.5. The summed E-state index contributed by atoms with van der Waals surface area (Å²) in [5.74, 6) is -1.92. The van der Waals surface area contributed by atoms with Gasteiger partial charge in [-0.3, -0.25) is 9.59 Å². The molecule has 0 fully saturated rings. The number of carboxylic acids is 1. The molecule has 0 amide bonds. The molecule has 0 saturated carbocycles. The van der Waals surface area contributed by atoms with E-state index < -0.39 is 24.1 Å². The average Bonchev–Trinajstić information content (AvgIpc) is 3.09. The molecule has 0 N–H and O–H groups in total. The number of hydrogen-bond donors (Lipinski definition) is 0. The number of carbonyl (C=O) groups excluding carboxylic acids is 3. The van der Waals surface area contributed by atoms with Gasteiger partial charge in [0.1, 0.15) is 12.6 Å². The van der Waals surface area contributed by atoms with Crippen LogP contribution in [0.1, 0.15) is 136 Å². The second kappa shape index (κ2) is 34.8. The molecule has 0 heterocycles. The van der Waals surface area contributed by atoms with Crippen molar-refractivity contribution in [2.45, 2.75) is 148 Å². The van der Waals surface area contributed by atoms with Crippen molar-refractivity contribution < 1.29 is 38.2 Å². The van der Waals surface area contributed by atoms with Crippen molar-refractivity contribution in [3.05, 3.63) is 72.9 Å². The summed E-state index contributed by atoms with van der Waals surface area (Å²) in [6.07, 6.45) is 42.4. The van der Waals surface area contributed by atoms with Gasteiger partial charge >= 0.3 is 11.9 Å². The first-order valence-corrected chi connectivity index (χ1v) is 20.0. The number of ether oxygens (including phenoxy) is 3. The second-order valence-corrected chi connectivity index (χ2v) is 14.1. The Labute approximate surface area is 317 Å². The Morgan fingerprint density at radius 3 is 1.67 bits per heavy atom. The van der Waals surface area contributed by atoms with E-state index >= 15 is 0 Å². The third kappa shape index (κ3) is 32.7. The highest BCUT2D eigenvalue weighted by Crippen LogP contribution is 2.11. The maximum absolute atomic E-state index is 12.6. The van der Waals surface area contributed by atoms with E-state index in [-0.39, 0.29) is 43.1 Å². The number of esters is 2. The first kappa shape index (κ1) is 48.8. The zero-order valence-corrected chi connectivity index (χ0v) is 33.4. The van der Waals surface area contributed by atoms with Crippen molar-refractivity contribution in [3.8, 4) is 0 Å². The van der Waals surface area contributed by atoms with E-state index in [9.17, 15) is 19.5 Å². The van der Waals surface area contributed by atoms with Crippen LogP contribution in [-0.4, -0.2) is 75.5 Å². The lowest BCUT2D eigenvalue weighted by atomic mass is 10.1. The molecule has 0 rings (SSSR count). The molecule has 0 aliphatic rings. The fourth-order valence-corrected chi connectivity index (χ4v) is 5.26. The van der Waals surface area contributed by atoms with Gasteiger partial charge in [-0.25, -0.2) is 0 Å². The molecule has 0 radical (unpaired) electrons. The number of rotatable bonds is 34. The molecule has 2 atom stereocenters. The summed E-state index contributed by atoms with van der Waals surface area (Å²) in [6.45, 7) is 4.39. The van der Waals surface area contributed by atoms with Crippen LogP contribution >= 0.6 is 0 Å². The first-order valence-electron chi connectivity index (χ1n) is 20.0. The molecular weight excluding hydrogens is 654 g/mol. The van der Waals surface area contributed by atoms with E-state index in [1.165, 1.54) is 38.5 Å². The lowest BCUT2D eigenvalue weighted by molar-refractivity contribution is -0.889. The number of quaternary nitrogens is 1. The lowest BCUT2D eigenvalue weighted by Gasteiger charge is -2.34. The lowest BCUT2D eigenvalue weighted by Crippen LogP contribution is -2.55. The van der Waals surface area contributed by atoms with Crippen molar-refractivity contribution in [3.63, 3.8) is 0 Å².